The van der Waals surface area contributed by atoms with Crippen molar-refractivity contribution in [3.05, 3.63) is 24.2 Å². The monoisotopic (exact) mass is 209 g/mol. The Labute approximate surface area is 90.6 Å². The third kappa shape index (κ3) is 5.10. The van der Waals surface area contributed by atoms with Crippen LogP contribution in [0.3, 0.4) is 0 Å². The average Bonchev–Trinajstić information content (AvgIpc) is 2.71. The van der Waals surface area contributed by atoms with Crippen molar-refractivity contribution in [2.24, 2.45) is 10.7 Å². The molecule has 0 aliphatic heterocycles. The van der Waals surface area contributed by atoms with Crippen molar-refractivity contribution in [3.8, 4) is 0 Å². The van der Waals surface area contributed by atoms with Gasteiger partial charge in [-0.1, -0.05) is 13.3 Å². The van der Waals surface area contributed by atoms with Crippen molar-refractivity contribution in [1.82, 2.24) is 5.32 Å². The Morgan fingerprint density at radius 1 is 1.60 bits per heavy atom. The van der Waals surface area contributed by atoms with Gasteiger partial charge in [-0.2, -0.15) is 0 Å². The van der Waals surface area contributed by atoms with Crippen LogP contribution in [0.5, 0.6) is 0 Å². The van der Waals surface area contributed by atoms with Gasteiger partial charge < -0.3 is 15.5 Å². The zero-order valence-electron chi connectivity index (χ0n) is 9.20. The lowest BCUT2D eigenvalue weighted by molar-refractivity contribution is 0.507. The maximum absolute atomic E-state index is 5.66. The van der Waals surface area contributed by atoms with Crippen LogP contribution in [0.2, 0.25) is 0 Å². The van der Waals surface area contributed by atoms with Crippen molar-refractivity contribution in [2.45, 2.75) is 26.2 Å². The molecule has 3 N–H and O–H groups in total. The molecule has 1 rings (SSSR count). The summed E-state index contributed by atoms with van der Waals surface area (Å²) >= 11 is 0. The first kappa shape index (κ1) is 11.6. The predicted octanol–water partition coefficient (Wildman–Crippen LogP) is 1.53. The normalized spacial score (nSPS) is 11.7. The summed E-state index contributed by atoms with van der Waals surface area (Å²) in [5, 5.41) is 3.05. The Morgan fingerprint density at radius 2 is 2.47 bits per heavy atom. The fourth-order valence-electron chi connectivity index (χ4n) is 1.18. The van der Waals surface area contributed by atoms with E-state index in [1.807, 2.05) is 12.1 Å². The third-order valence-corrected chi connectivity index (χ3v) is 2.05. The minimum Gasteiger partial charge on any atom is -0.469 e. The van der Waals surface area contributed by atoms with Gasteiger partial charge in [-0.15, -0.1) is 0 Å². The fourth-order valence-corrected chi connectivity index (χ4v) is 1.18. The molecular weight excluding hydrogens is 190 g/mol. The van der Waals surface area contributed by atoms with E-state index in [-0.39, 0.29) is 0 Å². The summed E-state index contributed by atoms with van der Waals surface area (Å²) in [5.74, 6) is 1.49. The summed E-state index contributed by atoms with van der Waals surface area (Å²) in [6, 6.07) is 3.83. The Bertz CT molecular complexity index is 280. The van der Waals surface area contributed by atoms with E-state index in [0.717, 1.165) is 38.1 Å². The molecule has 0 aliphatic rings. The van der Waals surface area contributed by atoms with E-state index in [4.69, 9.17) is 10.2 Å². The number of hydrogen-bond donors (Lipinski definition) is 2. The molecule has 0 bridgehead atoms. The first-order valence-electron chi connectivity index (χ1n) is 5.39. The molecule has 4 heteroatoms. The zero-order chi connectivity index (χ0) is 10.9. The van der Waals surface area contributed by atoms with E-state index in [9.17, 15) is 0 Å². The smallest absolute Gasteiger partial charge is 0.188 e. The minimum absolute atomic E-state index is 0.523. The second-order valence-electron chi connectivity index (χ2n) is 3.38. The van der Waals surface area contributed by atoms with Crippen LogP contribution in [0.15, 0.2) is 27.8 Å². The quantitative estimate of drug-likeness (QED) is 0.424. The van der Waals surface area contributed by atoms with E-state index < -0.39 is 0 Å². The summed E-state index contributed by atoms with van der Waals surface area (Å²) in [7, 11) is 0. The molecule has 0 saturated carbocycles. The maximum atomic E-state index is 5.66. The topological polar surface area (TPSA) is 63.5 Å². The highest BCUT2D eigenvalue weighted by Crippen LogP contribution is 1.99. The molecule has 0 radical (unpaired) electrons. The third-order valence-electron chi connectivity index (χ3n) is 2.05. The lowest BCUT2D eigenvalue weighted by Gasteiger charge is -2.03. The van der Waals surface area contributed by atoms with Gasteiger partial charge in [0.25, 0.3) is 0 Å². The number of unbranched alkanes of at least 4 members (excludes halogenated alkanes) is 1. The average molecular weight is 209 g/mol. The molecule has 1 heterocycles. The number of rotatable bonds is 6. The summed E-state index contributed by atoms with van der Waals surface area (Å²) in [6.45, 7) is 3.70. The molecule has 84 valence electrons. The highest BCUT2D eigenvalue weighted by Gasteiger charge is 1.95. The van der Waals surface area contributed by atoms with E-state index in [2.05, 4.69) is 17.2 Å². The SMILES string of the molecule is CCCCN=C(N)NCCc1ccco1. The minimum atomic E-state index is 0.523. The van der Waals surface area contributed by atoms with Gasteiger partial charge in [0.2, 0.25) is 0 Å². The number of guanidine groups is 1. The van der Waals surface area contributed by atoms with E-state index in [1.165, 1.54) is 0 Å². The first-order valence-corrected chi connectivity index (χ1v) is 5.39. The maximum Gasteiger partial charge on any atom is 0.188 e. The van der Waals surface area contributed by atoms with Gasteiger partial charge in [-0.25, -0.2) is 0 Å². The highest BCUT2D eigenvalue weighted by molar-refractivity contribution is 5.77. The Balaban J connectivity index is 2.11. The number of furan rings is 1. The van der Waals surface area contributed by atoms with Crippen LogP contribution in [-0.4, -0.2) is 19.0 Å². The molecule has 0 aliphatic carbocycles. The molecule has 1 aromatic rings. The molecule has 1 aromatic heterocycles. The van der Waals surface area contributed by atoms with Crippen LogP contribution < -0.4 is 11.1 Å². The van der Waals surface area contributed by atoms with E-state index in [1.54, 1.807) is 6.26 Å². The van der Waals surface area contributed by atoms with Crippen molar-refractivity contribution < 1.29 is 4.42 Å². The van der Waals surface area contributed by atoms with Gasteiger partial charge in [0.1, 0.15) is 5.76 Å². The summed E-state index contributed by atoms with van der Waals surface area (Å²) in [6.07, 6.45) is 4.73. The Kier molecular flexibility index (Phi) is 5.37. The van der Waals surface area contributed by atoms with Gasteiger partial charge in [0.05, 0.1) is 6.26 Å². The predicted molar refractivity (Wildman–Crippen MR) is 61.8 cm³/mol. The van der Waals surface area contributed by atoms with Crippen molar-refractivity contribution in [3.63, 3.8) is 0 Å². The molecule has 0 aromatic carbocycles. The number of nitrogens with one attached hydrogen (secondary N) is 1. The number of aliphatic imine (C=N–C) groups is 1. The van der Waals surface area contributed by atoms with Crippen molar-refractivity contribution in [1.29, 1.82) is 0 Å². The van der Waals surface area contributed by atoms with Crippen molar-refractivity contribution >= 4 is 5.96 Å². The van der Waals surface area contributed by atoms with Gasteiger partial charge in [-0.3, -0.25) is 4.99 Å². The van der Waals surface area contributed by atoms with Gasteiger partial charge in [0.15, 0.2) is 5.96 Å². The Morgan fingerprint density at radius 3 is 3.13 bits per heavy atom. The zero-order valence-corrected chi connectivity index (χ0v) is 9.20. The van der Waals surface area contributed by atoms with Gasteiger partial charge in [0, 0.05) is 19.5 Å². The molecule has 0 unspecified atom stereocenters. The number of nitrogens with two attached hydrogens (primary N) is 1. The van der Waals surface area contributed by atoms with E-state index in [0.29, 0.717) is 5.96 Å². The molecule has 0 fully saturated rings. The van der Waals surface area contributed by atoms with Crippen LogP contribution in [0.25, 0.3) is 0 Å². The molecule has 0 spiro atoms. The number of nitrogens with zero attached hydrogens (tertiary/aromatic N) is 1. The summed E-state index contributed by atoms with van der Waals surface area (Å²) in [5.41, 5.74) is 5.66. The fraction of sp³-hybridized carbons (Fsp3) is 0.545. The lowest BCUT2D eigenvalue weighted by atomic mass is 10.3. The van der Waals surface area contributed by atoms with Crippen LogP contribution in [0.1, 0.15) is 25.5 Å². The number of hydrogen-bond acceptors (Lipinski definition) is 2. The lowest BCUT2D eigenvalue weighted by Crippen LogP contribution is -2.33. The molecule has 4 nitrogen and oxygen atoms in total. The van der Waals surface area contributed by atoms with Gasteiger partial charge >= 0.3 is 0 Å². The van der Waals surface area contributed by atoms with Crippen LogP contribution in [0, 0.1) is 0 Å². The molecule has 15 heavy (non-hydrogen) atoms. The second kappa shape index (κ2) is 6.92. The molecule has 0 atom stereocenters. The van der Waals surface area contributed by atoms with E-state index >= 15 is 0 Å². The molecular formula is C11H19N3O. The molecule has 0 amide bonds. The highest BCUT2D eigenvalue weighted by atomic mass is 16.3. The van der Waals surface area contributed by atoms with Gasteiger partial charge in [-0.05, 0) is 18.6 Å². The van der Waals surface area contributed by atoms with Crippen LogP contribution in [-0.2, 0) is 6.42 Å². The summed E-state index contributed by atoms with van der Waals surface area (Å²) < 4.78 is 5.19. The summed E-state index contributed by atoms with van der Waals surface area (Å²) in [4.78, 5) is 4.19. The van der Waals surface area contributed by atoms with Crippen LogP contribution >= 0.6 is 0 Å². The van der Waals surface area contributed by atoms with Crippen LogP contribution in [0.4, 0.5) is 0 Å². The van der Waals surface area contributed by atoms with Crippen molar-refractivity contribution in [2.75, 3.05) is 13.1 Å². The second-order valence-corrected chi connectivity index (χ2v) is 3.38. The standard InChI is InChI=1S/C11H19N3O/c1-2-3-7-13-11(12)14-8-6-10-5-4-9-15-10/h4-5,9H,2-3,6-8H2,1H3,(H3,12,13,14). The first-order chi connectivity index (χ1) is 7.33. The largest absolute Gasteiger partial charge is 0.469 e. The molecule has 0 saturated heterocycles. The Hall–Kier alpha value is -1.45.